The van der Waals surface area contributed by atoms with Gasteiger partial charge in [0, 0.05) is 31.7 Å². The van der Waals surface area contributed by atoms with Crippen molar-refractivity contribution in [3.63, 3.8) is 0 Å². The Kier molecular flexibility index (Phi) is 4.48. The molecule has 1 aromatic rings. The number of aryl methyl sites for hydroxylation is 1. The fourth-order valence-electron chi connectivity index (χ4n) is 7.79. The van der Waals surface area contributed by atoms with Crippen LogP contribution < -0.4 is 0 Å². The molecule has 0 spiro atoms. The van der Waals surface area contributed by atoms with Crippen LogP contribution in [0, 0.1) is 34.5 Å². The number of hydrogen-bond donors (Lipinski definition) is 0. The molecule has 4 aliphatic carbocycles. The summed E-state index contributed by atoms with van der Waals surface area (Å²) in [7, 11) is 0. The van der Waals surface area contributed by atoms with Crippen LogP contribution in [0.3, 0.4) is 0 Å². The fraction of sp³-hybridized carbons (Fsp3) is 0.720. The first-order valence-electron chi connectivity index (χ1n) is 11.5. The third-order valence-electron chi connectivity index (χ3n) is 9.46. The van der Waals surface area contributed by atoms with Gasteiger partial charge in [0.25, 0.3) is 0 Å². The second-order valence-corrected chi connectivity index (χ2v) is 10.5. The molecule has 28 heavy (non-hydrogen) atoms. The molecule has 3 saturated carbocycles. The van der Waals surface area contributed by atoms with Crippen LogP contribution >= 0.6 is 0 Å². The predicted octanol–water partition coefficient (Wildman–Crippen LogP) is 5.56. The lowest BCUT2D eigenvalue weighted by molar-refractivity contribution is -0.137. The molecule has 1 unspecified atom stereocenters. The van der Waals surface area contributed by atoms with Crippen LogP contribution in [0.2, 0.25) is 0 Å². The third kappa shape index (κ3) is 2.80. The van der Waals surface area contributed by atoms with Gasteiger partial charge in [-0.15, -0.1) is 0 Å². The first kappa shape index (κ1) is 18.5. The number of aromatic nitrogens is 2. The van der Waals surface area contributed by atoms with Gasteiger partial charge in [0.05, 0.1) is 0 Å². The van der Waals surface area contributed by atoms with Crippen LogP contribution in [-0.4, -0.2) is 15.8 Å². The monoisotopic (exact) mass is 378 g/mol. The van der Waals surface area contributed by atoms with Gasteiger partial charge < -0.3 is 0 Å². The highest BCUT2D eigenvalue weighted by Gasteiger charge is 2.58. The molecule has 3 heteroatoms. The van der Waals surface area contributed by atoms with E-state index in [1.165, 1.54) is 32.1 Å². The minimum atomic E-state index is 0.379. The van der Waals surface area contributed by atoms with Crippen molar-refractivity contribution >= 4 is 5.78 Å². The van der Waals surface area contributed by atoms with Crippen molar-refractivity contribution in [2.75, 3.05) is 0 Å². The van der Waals surface area contributed by atoms with E-state index >= 15 is 0 Å². The number of carbonyl (C=O) groups excluding carboxylic acids is 1. The minimum Gasteiger partial charge on any atom is -0.300 e. The van der Waals surface area contributed by atoms with E-state index < -0.39 is 0 Å². The number of allylic oxidation sites excluding steroid dienone is 2. The van der Waals surface area contributed by atoms with Crippen molar-refractivity contribution < 1.29 is 4.79 Å². The van der Waals surface area contributed by atoms with E-state index in [0.717, 1.165) is 55.7 Å². The fourth-order valence-corrected chi connectivity index (χ4v) is 7.79. The average molecular weight is 379 g/mol. The van der Waals surface area contributed by atoms with Crippen LogP contribution in [0.25, 0.3) is 0 Å². The Balaban J connectivity index is 1.33. The number of carbonyl (C=O) groups is 1. The standard InChI is InChI=1S/C25H34N2O/c1-24-13-11-22-20(7-4-18-16-19(28)10-12-25(18,22)2)21(24)8-5-17(24)6-9-23-26-14-3-15-27-23/h3,5,14-15,18,20-22H,4,6-13,16H2,1-2H3/t18?,20-,21-,22+,24+,25-/m0/s1. The molecule has 5 rings (SSSR count). The van der Waals surface area contributed by atoms with Gasteiger partial charge >= 0.3 is 0 Å². The zero-order valence-electron chi connectivity index (χ0n) is 17.5. The van der Waals surface area contributed by atoms with E-state index in [9.17, 15) is 4.79 Å². The molecule has 0 N–H and O–H groups in total. The highest BCUT2D eigenvalue weighted by Crippen LogP contribution is 2.66. The molecular formula is C25H34N2O. The first-order valence-corrected chi connectivity index (χ1v) is 11.5. The molecule has 3 fully saturated rings. The Morgan fingerprint density at radius 2 is 1.86 bits per heavy atom. The van der Waals surface area contributed by atoms with Crippen molar-refractivity contribution in [2.45, 2.75) is 78.1 Å². The summed E-state index contributed by atoms with van der Waals surface area (Å²) in [6, 6.07) is 1.90. The number of nitrogens with zero attached hydrogens (tertiary/aromatic N) is 2. The van der Waals surface area contributed by atoms with Gasteiger partial charge in [0.2, 0.25) is 0 Å². The second kappa shape index (κ2) is 6.78. The smallest absolute Gasteiger partial charge is 0.133 e. The lowest BCUT2D eigenvalue weighted by Crippen LogP contribution is -2.53. The van der Waals surface area contributed by atoms with Crippen molar-refractivity contribution in [3.8, 4) is 0 Å². The quantitative estimate of drug-likeness (QED) is 0.647. The average Bonchev–Trinajstić information content (AvgIpc) is 3.04. The van der Waals surface area contributed by atoms with E-state index in [0.29, 0.717) is 22.5 Å². The van der Waals surface area contributed by atoms with Gasteiger partial charge in [-0.1, -0.05) is 25.5 Å². The van der Waals surface area contributed by atoms with Gasteiger partial charge in [-0.25, -0.2) is 9.97 Å². The molecule has 4 aliphatic rings. The highest BCUT2D eigenvalue weighted by molar-refractivity contribution is 5.79. The topological polar surface area (TPSA) is 42.9 Å². The van der Waals surface area contributed by atoms with Crippen LogP contribution in [0.1, 0.15) is 77.5 Å². The summed E-state index contributed by atoms with van der Waals surface area (Å²) in [5.41, 5.74) is 2.47. The Morgan fingerprint density at radius 1 is 1.04 bits per heavy atom. The molecule has 6 atom stereocenters. The Morgan fingerprint density at radius 3 is 2.68 bits per heavy atom. The molecule has 150 valence electrons. The first-order chi connectivity index (χ1) is 13.5. The van der Waals surface area contributed by atoms with Crippen molar-refractivity contribution in [1.82, 2.24) is 9.97 Å². The molecule has 1 aromatic heterocycles. The van der Waals surface area contributed by atoms with Crippen molar-refractivity contribution in [1.29, 1.82) is 0 Å². The summed E-state index contributed by atoms with van der Waals surface area (Å²) in [4.78, 5) is 20.9. The maximum Gasteiger partial charge on any atom is 0.133 e. The summed E-state index contributed by atoms with van der Waals surface area (Å²) < 4.78 is 0. The van der Waals surface area contributed by atoms with E-state index in [4.69, 9.17) is 0 Å². The second-order valence-electron chi connectivity index (χ2n) is 10.5. The Labute approximate surface area is 169 Å². The van der Waals surface area contributed by atoms with Gasteiger partial charge in [-0.3, -0.25) is 4.79 Å². The summed E-state index contributed by atoms with van der Waals surface area (Å²) >= 11 is 0. The van der Waals surface area contributed by atoms with E-state index in [1.54, 1.807) is 5.57 Å². The molecule has 1 heterocycles. The molecule has 0 aliphatic heterocycles. The molecule has 0 bridgehead atoms. The largest absolute Gasteiger partial charge is 0.300 e. The maximum absolute atomic E-state index is 12.1. The van der Waals surface area contributed by atoms with Crippen molar-refractivity contribution in [3.05, 3.63) is 35.9 Å². The Hall–Kier alpha value is -1.51. The van der Waals surface area contributed by atoms with Crippen LogP contribution in [0.5, 0.6) is 0 Å². The third-order valence-corrected chi connectivity index (χ3v) is 9.46. The van der Waals surface area contributed by atoms with Gasteiger partial charge in [0.15, 0.2) is 0 Å². The van der Waals surface area contributed by atoms with E-state index in [2.05, 4.69) is 29.9 Å². The number of hydrogen-bond acceptors (Lipinski definition) is 3. The van der Waals surface area contributed by atoms with Crippen LogP contribution in [-0.2, 0) is 11.2 Å². The SMILES string of the molecule is C[C@]12CCC(=O)CC1CC[C@@H]1[C@H]2CC[C@]2(C)C(CCc3ncccn3)=CC[C@@H]12. The summed E-state index contributed by atoms with van der Waals surface area (Å²) in [6.45, 7) is 5.09. The number of ketones is 1. The van der Waals surface area contributed by atoms with Crippen LogP contribution in [0.15, 0.2) is 30.1 Å². The maximum atomic E-state index is 12.1. The predicted molar refractivity (Wildman–Crippen MR) is 111 cm³/mol. The number of rotatable bonds is 3. The van der Waals surface area contributed by atoms with Crippen molar-refractivity contribution in [2.24, 2.45) is 34.5 Å². The summed E-state index contributed by atoms with van der Waals surface area (Å²) in [6.07, 6.45) is 17.8. The highest BCUT2D eigenvalue weighted by atomic mass is 16.1. The lowest BCUT2D eigenvalue weighted by atomic mass is 9.44. The molecule has 0 radical (unpaired) electrons. The molecule has 3 nitrogen and oxygen atoms in total. The van der Waals surface area contributed by atoms with Gasteiger partial charge in [-0.2, -0.15) is 0 Å². The summed E-state index contributed by atoms with van der Waals surface area (Å²) in [5.74, 6) is 4.66. The van der Waals surface area contributed by atoms with E-state index in [1.807, 2.05) is 18.5 Å². The summed E-state index contributed by atoms with van der Waals surface area (Å²) in [5, 5.41) is 0. The molecule has 0 aromatic carbocycles. The number of Topliss-reactive ketones (excluding diaryl/α,β-unsaturated/α-hetero) is 1. The Bertz CT molecular complexity index is 787. The zero-order valence-corrected chi connectivity index (χ0v) is 17.5. The molecular weight excluding hydrogens is 344 g/mol. The lowest BCUT2D eigenvalue weighted by Gasteiger charge is -2.60. The number of fused-ring (bicyclic) bond motifs is 5. The zero-order chi connectivity index (χ0) is 19.4. The van der Waals surface area contributed by atoms with Crippen LogP contribution in [0.4, 0.5) is 0 Å². The normalized spacial score (nSPS) is 42.4. The molecule has 0 amide bonds. The van der Waals surface area contributed by atoms with Gasteiger partial charge in [0.1, 0.15) is 11.6 Å². The minimum absolute atomic E-state index is 0.379. The van der Waals surface area contributed by atoms with Gasteiger partial charge in [-0.05, 0) is 85.5 Å². The molecule has 0 saturated heterocycles. The van der Waals surface area contributed by atoms with E-state index in [-0.39, 0.29) is 0 Å².